The zero-order chi connectivity index (χ0) is 19.6. The fourth-order valence-electron chi connectivity index (χ4n) is 2.71. The zero-order valence-corrected chi connectivity index (χ0v) is 15.3. The molecule has 0 spiro atoms. The van der Waals surface area contributed by atoms with Crippen molar-refractivity contribution in [3.05, 3.63) is 80.1 Å². The average Bonchev–Trinajstić information content (AvgIpc) is 2.93. The minimum Gasteiger partial charge on any atom is -0.481 e. The van der Waals surface area contributed by atoms with E-state index in [-0.39, 0.29) is 23.8 Å². The van der Waals surface area contributed by atoms with E-state index in [9.17, 15) is 20.0 Å². The lowest BCUT2D eigenvalue weighted by molar-refractivity contribution is -0.384. The second kappa shape index (κ2) is 7.77. The number of nitrogens with zero attached hydrogens (tertiary/aromatic N) is 3. The molecule has 2 aromatic carbocycles. The minimum atomic E-state index is -1.07. The largest absolute Gasteiger partial charge is 0.481 e. The molecular weight excluding hydrogens is 393 g/mol. The molecule has 7 nitrogen and oxygen atoms in total. The van der Waals surface area contributed by atoms with E-state index in [2.05, 4.69) is 4.98 Å². The van der Waals surface area contributed by atoms with Gasteiger partial charge in [0, 0.05) is 22.7 Å². The van der Waals surface area contributed by atoms with Crippen LogP contribution in [0.15, 0.2) is 48.5 Å². The Labute approximate surface area is 163 Å². The van der Waals surface area contributed by atoms with Gasteiger partial charge >= 0.3 is 5.97 Å². The van der Waals surface area contributed by atoms with E-state index in [1.54, 1.807) is 4.57 Å². The summed E-state index contributed by atoms with van der Waals surface area (Å²) in [6.07, 6.45) is -0.342. The monoisotopic (exact) mass is 405 g/mol. The fourth-order valence-corrected chi connectivity index (χ4v) is 3.14. The molecule has 0 aliphatic rings. The molecule has 0 bridgehead atoms. The highest BCUT2D eigenvalue weighted by Gasteiger charge is 2.21. The first-order valence-electron chi connectivity index (χ1n) is 7.81. The van der Waals surface area contributed by atoms with Crippen LogP contribution in [0.1, 0.15) is 11.3 Å². The topological polar surface area (TPSA) is 98.3 Å². The van der Waals surface area contributed by atoms with Gasteiger partial charge in [0.25, 0.3) is 5.69 Å². The van der Waals surface area contributed by atoms with Crippen LogP contribution in [0.4, 0.5) is 5.69 Å². The molecule has 9 heteroatoms. The molecule has 0 atom stereocenters. The lowest BCUT2D eigenvalue weighted by Gasteiger charge is -2.13. The number of rotatable bonds is 6. The number of aliphatic carboxylic acids is 1. The van der Waals surface area contributed by atoms with Crippen LogP contribution in [-0.4, -0.2) is 25.6 Å². The predicted molar refractivity (Wildman–Crippen MR) is 101 cm³/mol. The maximum absolute atomic E-state index is 11.3. The first kappa shape index (κ1) is 18.9. The summed E-state index contributed by atoms with van der Waals surface area (Å²) in [4.78, 5) is 26.1. The van der Waals surface area contributed by atoms with Gasteiger partial charge in [-0.1, -0.05) is 53.5 Å². The second-order valence-electron chi connectivity index (χ2n) is 5.73. The lowest BCUT2D eigenvalue weighted by Crippen LogP contribution is -2.11. The van der Waals surface area contributed by atoms with Crippen molar-refractivity contribution in [2.24, 2.45) is 0 Å². The number of nitro benzene ring substituents is 1. The molecule has 3 rings (SSSR count). The number of aromatic nitrogens is 2. The van der Waals surface area contributed by atoms with Gasteiger partial charge in [0.2, 0.25) is 0 Å². The summed E-state index contributed by atoms with van der Waals surface area (Å²) in [5.74, 6) is -0.609. The highest BCUT2D eigenvalue weighted by atomic mass is 35.5. The first-order chi connectivity index (χ1) is 12.9. The van der Waals surface area contributed by atoms with Crippen molar-refractivity contribution >= 4 is 34.9 Å². The van der Waals surface area contributed by atoms with Crippen molar-refractivity contribution in [1.29, 1.82) is 0 Å². The number of carboxylic acid groups (broad SMARTS) is 1. The van der Waals surface area contributed by atoms with Crippen molar-refractivity contribution in [3.8, 4) is 11.4 Å². The van der Waals surface area contributed by atoms with Crippen LogP contribution >= 0.6 is 23.2 Å². The maximum Gasteiger partial charge on any atom is 0.309 e. The molecule has 0 aliphatic heterocycles. The van der Waals surface area contributed by atoms with Gasteiger partial charge in [-0.25, -0.2) is 4.98 Å². The van der Waals surface area contributed by atoms with Gasteiger partial charge in [0.05, 0.1) is 23.6 Å². The van der Waals surface area contributed by atoms with E-state index < -0.39 is 10.9 Å². The van der Waals surface area contributed by atoms with Gasteiger partial charge in [-0.2, -0.15) is 0 Å². The molecule has 3 aromatic rings. The SMILES string of the molecule is O=C(O)Cc1c(Cl)nc(-c2ccccc2)n1Cc1cc([N+](=O)[O-])ccc1Cl. The molecule has 0 fully saturated rings. The Morgan fingerprint density at radius 3 is 2.52 bits per heavy atom. The van der Waals surface area contributed by atoms with Gasteiger partial charge in [-0.05, 0) is 11.6 Å². The van der Waals surface area contributed by atoms with E-state index in [0.29, 0.717) is 22.1 Å². The smallest absolute Gasteiger partial charge is 0.309 e. The van der Waals surface area contributed by atoms with Gasteiger partial charge in [-0.3, -0.25) is 14.9 Å². The van der Waals surface area contributed by atoms with Crippen molar-refractivity contribution in [2.75, 3.05) is 0 Å². The number of carbonyl (C=O) groups is 1. The third kappa shape index (κ3) is 4.10. The van der Waals surface area contributed by atoms with Crippen molar-refractivity contribution in [3.63, 3.8) is 0 Å². The summed E-state index contributed by atoms with van der Waals surface area (Å²) >= 11 is 12.4. The molecule has 138 valence electrons. The quantitative estimate of drug-likeness (QED) is 0.482. The molecular formula is C18H13Cl2N3O4. The Kier molecular flexibility index (Phi) is 5.43. The standard InChI is InChI=1S/C18H13Cl2N3O4/c19-14-7-6-13(23(26)27)8-12(14)10-22-15(9-16(24)25)17(20)21-18(22)11-4-2-1-3-5-11/h1-8H,9-10H2,(H,24,25). The molecule has 27 heavy (non-hydrogen) atoms. The summed E-state index contributed by atoms with van der Waals surface area (Å²) in [7, 11) is 0. The van der Waals surface area contributed by atoms with Crippen LogP contribution in [0, 0.1) is 10.1 Å². The van der Waals surface area contributed by atoms with E-state index in [1.807, 2.05) is 30.3 Å². The molecule has 1 heterocycles. The molecule has 0 amide bonds. The third-order valence-electron chi connectivity index (χ3n) is 3.94. The van der Waals surface area contributed by atoms with Crippen LogP contribution < -0.4 is 0 Å². The first-order valence-corrected chi connectivity index (χ1v) is 8.57. The van der Waals surface area contributed by atoms with E-state index >= 15 is 0 Å². The van der Waals surface area contributed by atoms with Gasteiger partial charge in [0.15, 0.2) is 5.15 Å². The molecule has 0 unspecified atom stereocenters. The van der Waals surface area contributed by atoms with E-state index in [0.717, 1.165) is 5.56 Å². The number of non-ortho nitro benzene ring substituents is 1. The molecule has 0 saturated carbocycles. The third-order valence-corrected chi connectivity index (χ3v) is 4.61. The normalized spacial score (nSPS) is 10.7. The Hall–Kier alpha value is -2.90. The summed E-state index contributed by atoms with van der Waals surface area (Å²) in [5.41, 5.74) is 1.38. The van der Waals surface area contributed by atoms with Gasteiger partial charge in [0.1, 0.15) is 5.82 Å². The van der Waals surface area contributed by atoms with Crippen molar-refractivity contribution in [1.82, 2.24) is 9.55 Å². The Morgan fingerprint density at radius 1 is 1.19 bits per heavy atom. The van der Waals surface area contributed by atoms with E-state index in [1.165, 1.54) is 18.2 Å². The van der Waals surface area contributed by atoms with Crippen molar-refractivity contribution < 1.29 is 14.8 Å². The second-order valence-corrected chi connectivity index (χ2v) is 6.49. The predicted octanol–water partition coefficient (Wildman–Crippen LogP) is 4.44. The van der Waals surface area contributed by atoms with Crippen LogP contribution in [0.5, 0.6) is 0 Å². The summed E-state index contributed by atoms with van der Waals surface area (Å²) in [6.45, 7) is 0.0904. The number of halogens is 2. The highest BCUT2D eigenvalue weighted by molar-refractivity contribution is 6.31. The Balaban J connectivity index is 2.14. The molecule has 0 radical (unpaired) electrons. The minimum absolute atomic E-state index is 0.0674. The molecule has 1 aromatic heterocycles. The summed E-state index contributed by atoms with van der Waals surface area (Å²) in [6, 6.07) is 13.2. The lowest BCUT2D eigenvalue weighted by atomic mass is 10.1. The number of hydrogen-bond donors (Lipinski definition) is 1. The number of carboxylic acids is 1. The maximum atomic E-state index is 11.3. The number of hydrogen-bond acceptors (Lipinski definition) is 4. The molecule has 0 aliphatic carbocycles. The van der Waals surface area contributed by atoms with Gasteiger partial charge < -0.3 is 9.67 Å². The Bertz CT molecular complexity index is 1020. The summed E-state index contributed by atoms with van der Waals surface area (Å²) in [5, 5.41) is 20.7. The van der Waals surface area contributed by atoms with E-state index in [4.69, 9.17) is 23.2 Å². The highest BCUT2D eigenvalue weighted by Crippen LogP contribution is 2.30. The van der Waals surface area contributed by atoms with Crippen molar-refractivity contribution in [2.45, 2.75) is 13.0 Å². The molecule has 1 N–H and O–H groups in total. The zero-order valence-electron chi connectivity index (χ0n) is 13.8. The number of benzene rings is 2. The van der Waals surface area contributed by atoms with Gasteiger partial charge in [-0.15, -0.1) is 0 Å². The number of nitro groups is 1. The Morgan fingerprint density at radius 2 is 1.89 bits per heavy atom. The number of imidazole rings is 1. The van der Waals surface area contributed by atoms with Crippen LogP contribution in [0.2, 0.25) is 10.2 Å². The molecule has 0 saturated heterocycles. The summed E-state index contributed by atoms with van der Waals surface area (Å²) < 4.78 is 1.62. The van der Waals surface area contributed by atoms with Crippen LogP contribution in [0.3, 0.4) is 0 Å². The fraction of sp³-hybridized carbons (Fsp3) is 0.111. The van der Waals surface area contributed by atoms with Crippen LogP contribution in [-0.2, 0) is 17.8 Å². The average molecular weight is 406 g/mol. The van der Waals surface area contributed by atoms with Crippen LogP contribution in [0.25, 0.3) is 11.4 Å².